The molecule has 2 heterocycles. The van der Waals surface area contributed by atoms with Gasteiger partial charge in [-0.05, 0) is 39.0 Å². The van der Waals surface area contributed by atoms with E-state index in [-0.39, 0.29) is 35.3 Å². The van der Waals surface area contributed by atoms with Crippen LogP contribution in [0.15, 0.2) is 23.2 Å². The molecular weight excluding hydrogens is 519 g/mol. The summed E-state index contributed by atoms with van der Waals surface area (Å²) in [5.74, 6) is -1.08. The summed E-state index contributed by atoms with van der Waals surface area (Å²) in [7, 11) is -3.40. The molecule has 8 nitrogen and oxygen atoms in total. The van der Waals surface area contributed by atoms with E-state index in [1.54, 1.807) is 20.8 Å². The summed E-state index contributed by atoms with van der Waals surface area (Å²) in [6.45, 7) is 5.00. The number of ether oxygens (including phenoxy) is 1. The first-order valence-corrected chi connectivity index (χ1v) is 13.2. The number of alkyl halides is 3. The Bertz CT molecular complexity index is 1120. The maximum absolute atomic E-state index is 13.4. The highest BCUT2D eigenvalue weighted by molar-refractivity contribution is 8.16. The number of carbonyl (C=O) groups excluding carboxylic acids is 2. The zero-order valence-corrected chi connectivity index (χ0v) is 20.9. The maximum Gasteiger partial charge on any atom is 0.417 e. The lowest BCUT2D eigenvalue weighted by atomic mass is 10.1. The standard InChI is InChI=1S/C20H23ClF3N3O5S2/c1-19(2,3)32-18(29)25-7-6-16(28)26-17-27(14-9-34(30,31)10-15(14)33-17)11-4-5-13(21)12(8-11)20(22,23)24/h4-5,8,14-15H,6-7,9-10H2,1-3H3,(H,25,29)/t14-,15-/m0/s1. The van der Waals surface area contributed by atoms with E-state index < -0.39 is 55.5 Å². The number of hydrogen-bond donors (Lipinski definition) is 1. The Labute approximate surface area is 204 Å². The van der Waals surface area contributed by atoms with Gasteiger partial charge in [0, 0.05) is 23.9 Å². The monoisotopic (exact) mass is 541 g/mol. The van der Waals surface area contributed by atoms with E-state index in [2.05, 4.69) is 10.3 Å². The Kier molecular flexibility index (Phi) is 7.49. The summed E-state index contributed by atoms with van der Waals surface area (Å²) in [5, 5.41) is 1.54. The molecule has 2 amide bonds. The Morgan fingerprint density at radius 3 is 2.56 bits per heavy atom. The van der Waals surface area contributed by atoms with Crippen LogP contribution in [0.1, 0.15) is 32.8 Å². The summed E-state index contributed by atoms with van der Waals surface area (Å²) in [6.07, 6.45) is -5.61. The SMILES string of the molecule is CC(C)(C)OC(=O)NCCC(=O)N=C1S[C@H]2CS(=O)(=O)C[C@@H]2N1c1ccc(Cl)c(C(F)(F)F)c1. The fourth-order valence-corrected chi connectivity index (χ4v) is 7.65. The summed E-state index contributed by atoms with van der Waals surface area (Å²) < 4.78 is 69.5. The first kappa shape index (κ1) is 26.6. The number of fused-ring (bicyclic) bond motifs is 1. The molecule has 1 aromatic rings. The van der Waals surface area contributed by atoms with Crippen LogP contribution in [0.5, 0.6) is 0 Å². The second kappa shape index (κ2) is 9.57. The normalized spacial score (nSPS) is 23.1. The maximum atomic E-state index is 13.4. The van der Waals surface area contributed by atoms with E-state index in [0.29, 0.717) is 0 Å². The first-order valence-electron chi connectivity index (χ1n) is 10.2. The van der Waals surface area contributed by atoms with Crippen LogP contribution in [-0.2, 0) is 25.5 Å². The number of thioether (sulfide) groups is 1. The van der Waals surface area contributed by atoms with Crippen LogP contribution in [-0.4, -0.2) is 60.5 Å². The number of rotatable bonds is 4. The van der Waals surface area contributed by atoms with E-state index in [1.165, 1.54) is 11.0 Å². The van der Waals surface area contributed by atoms with Gasteiger partial charge in [0.1, 0.15) is 5.60 Å². The zero-order chi connectivity index (χ0) is 25.5. The Morgan fingerprint density at radius 1 is 1.26 bits per heavy atom. The average Bonchev–Trinajstić information content (AvgIpc) is 3.10. The molecule has 1 N–H and O–H groups in total. The molecular formula is C20H23ClF3N3O5S2. The molecule has 0 radical (unpaired) electrons. The summed E-state index contributed by atoms with van der Waals surface area (Å²) in [4.78, 5) is 29.5. The number of halogens is 4. The van der Waals surface area contributed by atoms with Crippen LogP contribution < -0.4 is 10.2 Å². The van der Waals surface area contributed by atoms with Crippen molar-refractivity contribution in [2.75, 3.05) is 23.0 Å². The van der Waals surface area contributed by atoms with Crippen LogP contribution in [0.4, 0.5) is 23.7 Å². The minimum atomic E-state index is -4.72. The van der Waals surface area contributed by atoms with E-state index in [4.69, 9.17) is 16.3 Å². The van der Waals surface area contributed by atoms with Crippen LogP contribution in [0.2, 0.25) is 5.02 Å². The molecule has 188 valence electrons. The molecule has 0 aromatic heterocycles. The molecule has 3 rings (SSSR count). The van der Waals surface area contributed by atoms with E-state index in [9.17, 15) is 31.2 Å². The number of benzene rings is 1. The molecule has 0 spiro atoms. The van der Waals surface area contributed by atoms with Crippen LogP contribution >= 0.6 is 23.4 Å². The third-order valence-corrected chi connectivity index (χ3v) is 8.37. The number of alkyl carbamates (subject to hydrolysis) is 1. The van der Waals surface area contributed by atoms with Gasteiger partial charge in [-0.25, -0.2) is 13.2 Å². The molecule has 2 aliphatic rings. The average molecular weight is 542 g/mol. The molecule has 0 bridgehead atoms. The van der Waals surface area contributed by atoms with E-state index in [0.717, 1.165) is 23.9 Å². The first-order chi connectivity index (χ1) is 15.6. The Hall–Kier alpha value is -1.99. The second-order valence-corrected chi connectivity index (χ2v) is 12.6. The minimum absolute atomic E-state index is 0.0345. The highest BCUT2D eigenvalue weighted by Crippen LogP contribution is 2.43. The lowest BCUT2D eigenvalue weighted by Crippen LogP contribution is -2.38. The highest BCUT2D eigenvalue weighted by Gasteiger charge is 2.49. The van der Waals surface area contributed by atoms with Crippen molar-refractivity contribution in [3.8, 4) is 0 Å². The Balaban J connectivity index is 1.82. The molecule has 2 fully saturated rings. The summed E-state index contributed by atoms with van der Waals surface area (Å²) >= 11 is 6.75. The number of sulfone groups is 1. The van der Waals surface area contributed by atoms with Gasteiger partial charge < -0.3 is 15.0 Å². The van der Waals surface area contributed by atoms with Gasteiger partial charge in [-0.3, -0.25) is 4.79 Å². The fraction of sp³-hybridized carbons (Fsp3) is 0.550. The van der Waals surface area contributed by atoms with Crippen molar-refractivity contribution in [2.45, 2.75) is 50.3 Å². The van der Waals surface area contributed by atoms with Crippen molar-refractivity contribution in [1.29, 1.82) is 0 Å². The number of anilines is 1. The summed E-state index contributed by atoms with van der Waals surface area (Å²) in [5.41, 5.74) is -1.75. The third kappa shape index (κ3) is 6.57. The largest absolute Gasteiger partial charge is 0.444 e. The van der Waals surface area contributed by atoms with Crippen molar-refractivity contribution < 1.29 is 35.9 Å². The van der Waals surface area contributed by atoms with Crippen molar-refractivity contribution >= 4 is 56.1 Å². The number of aliphatic imine (C=N–C) groups is 1. The Morgan fingerprint density at radius 2 is 1.94 bits per heavy atom. The number of nitrogens with zero attached hydrogens (tertiary/aromatic N) is 2. The molecule has 0 saturated carbocycles. The number of hydrogen-bond acceptors (Lipinski definition) is 6. The van der Waals surface area contributed by atoms with Crippen LogP contribution in [0, 0.1) is 0 Å². The number of amides is 2. The van der Waals surface area contributed by atoms with Crippen LogP contribution in [0.25, 0.3) is 0 Å². The van der Waals surface area contributed by atoms with Crippen molar-refractivity contribution in [2.24, 2.45) is 4.99 Å². The van der Waals surface area contributed by atoms with Gasteiger partial charge in [-0.2, -0.15) is 18.2 Å². The van der Waals surface area contributed by atoms with Gasteiger partial charge in [0.05, 0.1) is 28.1 Å². The van der Waals surface area contributed by atoms with Crippen molar-refractivity contribution in [1.82, 2.24) is 5.32 Å². The number of nitrogens with one attached hydrogen (secondary N) is 1. The molecule has 14 heteroatoms. The van der Waals surface area contributed by atoms with Gasteiger partial charge in [0.15, 0.2) is 15.0 Å². The predicted octanol–water partition coefficient (Wildman–Crippen LogP) is 3.88. The highest BCUT2D eigenvalue weighted by atomic mass is 35.5. The quantitative estimate of drug-likeness (QED) is 0.617. The predicted molar refractivity (Wildman–Crippen MR) is 124 cm³/mol. The zero-order valence-electron chi connectivity index (χ0n) is 18.5. The fourth-order valence-electron chi connectivity index (χ4n) is 3.50. The van der Waals surface area contributed by atoms with Crippen molar-refractivity contribution in [3.05, 3.63) is 28.8 Å². The van der Waals surface area contributed by atoms with Gasteiger partial charge in [-0.15, -0.1) is 0 Å². The number of amidine groups is 1. The third-order valence-electron chi connectivity index (χ3n) is 4.83. The summed E-state index contributed by atoms with van der Waals surface area (Å²) in [6, 6.07) is 2.55. The topological polar surface area (TPSA) is 105 Å². The van der Waals surface area contributed by atoms with Gasteiger partial charge >= 0.3 is 12.3 Å². The van der Waals surface area contributed by atoms with Gasteiger partial charge in [0.2, 0.25) is 5.91 Å². The number of carbonyl (C=O) groups is 2. The van der Waals surface area contributed by atoms with E-state index >= 15 is 0 Å². The van der Waals surface area contributed by atoms with Gasteiger partial charge in [-0.1, -0.05) is 23.4 Å². The molecule has 2 atom stereocenters. The van der Waals surface area contributed by atoms with E-state index in [1.807, 2.05) is 0 Å². The second-order valence-electron chi connectivity index (χ2n) is 8.80. The van der Waals surface area contributed by atoms with Crippen molar-refractivity contribution in [3.63, 3.8) is 0 Å². The molecule has 2 saturated heterocycles. The van der Waals surface area contributed by atoms with Gasteiger partial charge in [0.25, 0.3) is 0 Å². The molecule has 0 unspecified atom stereocenters. The molecule has 34 heavy (non-hydrogen) atoms. The lowest BCUT2D eigenvalue weighted by Gasteiger charge is -2.25. The lowest BCUT2D eigenvalue weighted by molar-refractivity contribution is -0.137. The molecule has 1 aromatic carbocycles. The smallest absolute Gasteiger partial charge is 0.417 e. The molecule has 0 aliphatic carbocycles. The minimum Gasteiger partial charge on any atom is -0.444 e. The molecule has 2 aliphatic heterocycles. The van der Waals surface area contributed by atoms with Crippen LogP contribution in [0.3, 0.4) is 0 Å².